The molecule has 7 nitrogen and oxygen atoms in total. The molecule has 0 bridgehead atoms. The third-order valence-corrected chi connectivity index (χ3v) is 4.84. The summed E-state index contributed by atoms with van der Waals surface area (Å²) in [7, 11) is 0. The quantitative estimate of drug-likeness (QED) is 0.409. The van der Waals surface area contributed by atoms with Crippen LogP contribution in [0.5, 0.6) is 0 Å². The van der Waals surface area contributed by atoms with Crippen molar-refractivity contribution in [2.75, 3.05) is 5.32 Å². The second kappa shape index (κ2) is 9.36. The number of amides is 2. The number of rotatable bonds is 6. The second-order valence-electron chi connectivity index (χ2n) is 6.70. The van der Waals surface area contributed by atoms with Gasteiger partial charge in [-0.05, 0) is 55.0 Å². The molecule has 2 N–H and O–H groups in total. The number of anilines is 1. The van der Waals surface area contributed by atoms with E-state index in [0.717, 1.165) is 11.6 Å². The third-order valence-electron chi connectivity index (χ3n) is 4.53. The third kappa shape index (κ3) is 5.43. The van der Waals surface area contributed by atoms with E-state index >= 15 is 0 Å². The summed E-state index contributed by atoms with van der Waals surface area (Å²) in [6.07, 6.45) is 0. The lowest BCUT2D eigenvalue weighted by molar-refractivity contribution is -0.384. The molecule has 3 aromatic carbocycles. The largest absolute Gasteiger partial charge is 0.345 e. The van der Waals surface area contributed by atoms with Crippen LogP contribution in [0, 0.1) is 15.9 Å². The van der Waals surface area contributed by atoms with E-state index in [1.165, 1.54) is 36.4 Å². The molecule has 1 unspecified atom stereocenters. The molecule has 0 spiro atoms. The predicted octanol–water partition coefficient (Wildman–Crippen LogP) is 5.13. The van der Waals surface area contributed by atoms with Gasteiger partial charge >= 0.3 is 0 Å². The summed E-state index contributed by atoms with van der Waals surface area (Å²) in [5.74, 6) is -1.27. The minimum absolute atomic E-state index is 0.0160. The summed E-state index contributed by atoms with van der Waals surface area (Å²) >= 11 is 6.00. The van der Waals surface area contributed by atoms with Gasteiger partial charge in [-0.2, -0.15) is 0 Å². The van der Waals surface area contributed by atoms with Gasteiger partial charge in [0.25, 0.3) is 17.5 Å². The molecular weight excluding hydrogens is 425 g/mol. The number of carbonyl (C=O) groups excluding carboxylic acids is 2. The predicted molar refractivity (Wildman–Crippen MR) is 115 cm³/mol. The van der Waals surface area contributed by atoms with Gasteiger partial charge in [-0.25, -0.2) is 4.39 Å². The van der Waals surface area contributed by atoms with Crippen molar-refractivity contribution in [1.82, 2.24) is 5.32 Å². The highest BCUT2D eigenvalue weighted by atomic mass is 35.5. The summed E-state index contributed by atoms with van der Waals surface area (Å²) in [5.41, 5.74) is 1.56. The minimum atomic E-state index is -0.591. The topological polar surface area (TPSA) is 101 Å². The van der Waals surface area contributed by atoms with Crippen molar-refractivity contribution >= 4 is 34.8 Å². The molecule has 0 aliphatic carbocycles. The lowest BCUT2D eigenvalue weighted by atomic mass is 10.1. The van der Waals surface area contributed by atoms with Gasteiger partial charge in [0.05, 0.1) is 21.6 Å². The zero-order chi connectivity index (χ0) is 22.5. The summed E-state index contributed by atoms with van der Waals surface area (Å²) in [4.78, 5) is 34.9. The molecule has 0 saturated heterocycles. The summed E-state index contributed by atoms with van der Waals surface area (Å²) in [6, 6.07) is 15.3. The molecule has 0 saturated carbocycles. The number of nitrogens with zero attached hydrogens (tertiary/aromatic N) is 1. The Morgan fingerprint density at radius 2 is 1.65 bits per heavy atom. The van der Waals surface area contributed by atoms with E-state index in [-0.39, 0.29) is 28.2 Å². The van der Waals surface area contributed by atoms with Crippen LogP contribution in [0.2, 0.25) is 5.02 Å². The van der Waals surface area contributed by atoms with Crippen molar-refractivity contribution < 1.29 is 18.9 Å². The minimum Gasteiger partial charge on any atom is -0.345 e. The first-order valence-electron chi connectivity index (χ1n) is 9.16. The number of nitrogens with one attached hydrogen (secondary N) is 2. The molecule has 0 aromatic heterocycles. The zero-order valence-corrected chi connectivity index (χ0v) is 17.0. The Morgan fingerprint density at radius 3 is 2.23 bits per heavy atom. The van der Waals surface area contributed by atoms with Crippen LogP contribution < -0.4 is 10.6 Å². The van der Waals surface area contributed by atoms with Gasteiger partial charge in [0.1, 0.15) is 5.82 Å². The summed E-state index contributed by atoms with van der Waals surface area (Å²) in [6.45, 7) is 1.77. The van der Waals surface area contributed by atoms with E-state index in [9.17, 15) is 24.1 Å². The molecule has 3 rings (SSSR count). The Morgan fingerprint density at radius 1 is 1.00 bits per heavy atom. The first-order chi connectivity index (χ1) is 14.7. The van der Waals surface area contributed by atoms with Crippen molar-refractivity contribution in [2.45, 2.75) is 13.0 Å². The van der Waals surface area contributed by atoms with Crippen LogP contribution in [-0.2, 0) is 0 Å². The molecule has 0 fully saturated rings. The van der Waals surface area contributed by atoms with E-state index in [2.05, 4.69) is 10.6 Å². The summed E-state index contributed by atoms with van der Waals surface area (Å²) in [5, 5.41) is 16.3. The highest BCUT2D eigenvalue weighted by molar-refractivity contribution is 6.34. The van der Waals surface area contributed by atoms with E-state index in [0.29, 0.717) is 11.3 Å². The molecule has 0 aliphatic heterocycles. The van der Waals surface area contributed by atoms with Gasteiger partial charge in [-0.3, -0.25) is 19.7 Å². The van der Waals surface area contributed by atoms with Crippen LogP contribution >= 0.6 is 11.6 Å². The summed E-state index contributed by atoms with van der Waals surface area (Å²) < 4.78 is 13.0. The van der Waals surface area contributed by atoms with Crippen molar-refractivity contribution in [2.24, 2.45) is 0 Å². The fraction of sp³-hybridized carbons (Fsp3) is 0.0909. The van der Waals surface area contributed by atoms with Gasteiger partial charge in [-0.15, -0.1) is 0 Å². The molecule has 9 heteroatoms. The number of halogens is 2. The second-order valence-corrected chi connectivity index (χ2v) is 7.11. The SMILES string of the molecule is CC(NC(=O)c1ccc([N+](=O)[O-])cc1Cl)c1ccc(NC(=O)c2ccc(F)cc2)cc1. The van der Waals surface area contributed by atoms with Crippen molar-refractivity contribution in [3.8, 4) is 0 Å². The average molecular weight is 442 g/mol. The fourth-order valence-electron chi connectivity index (χ4n) is 2.82. The Balaban J connectivity index is 1.64. The Labute approximate surface area is 182 Å². The van der Waals surface area contributed by atoms with Gasteiger partial charge in [0, 0.05) is 23.4 Å². The number of carbonyl (C=O) groups is 2. The molecule has 0 radical (unpaired) electrons. The molecule has 3 aromatic rings. The highest BCUT2D eigenvalue weighted by Crippen LogP contribution is 2.24. The van der Waals surface area contributed by atoms with Crippen molar-refractivity contribution in [3.05, 3.63) is 104 Å². The fourth-order valence-corrected chi connectivity index (χ4v) is 3.08. The normalized spacial score (nSPS) is 11.5. The zero-order valence-electron chi connectivity index (χ0n) is 16.3. The van der Waals surface area contributed by atoms with Crippen LogP contribution in [0.25, 0.3) is 0 Å². The first-order valence-corrected chi connectivity index (χ1v) is 9.54. The van der Waals surface area contributed by atoms with Gasteiger partial charge in [-0.1, -0.05) is 23.7 Å². The number of nitro groups is 1. The van der Waals surface area contributed by atoms with E-state index < -0.39 is 16.6 Å². The maximum Gasteiger partial charge on any atom is 0.270 e. The van der Waals surface area contributed by atoms with Crippen LogP contribution in [-0.4, -0.2) is 16.7 Å². The average Bonchev–Trinajstić information content (AvgIpc) is 2.74. The number of non-ortho nitro benzene ring substituents is 1. The molecule has 158 valence electrons. The van der Waals surface area contributed by atoms with Crippen LogP contribution in [0.15, 0.2) is 66.7 Å². The standard InChI is InChI=1S/C22H17ClFN3O4/c1-13(25-22(29)19-11-10-18(27(30)31)12-20(19)23)14-4-8-17(9-5-14)26-21(28)15-2-6-16(24)7-3-15/h2-13H,1H3,(H,25,29)(H,26,28). The highest BCUT2D eigenvalue weighted by Gasteiger charge is 2.17. The lowest BCUT2D eigenvalue weighted by Gasteiger charge is -2.15. The van der Waals surface area contributed by atoms with Crippen LogP contribution in [0.3, 0.4) is 0 Å². The Hall–Kier alpha value is -3.78. The van der Waals surface area contributed by atoms with E-state index in [4.69, 9.17) is 11.6 Å². The maximum absolute atomic E-state index is 13.0. The first kappa shape index (κ1) is 21.9. The smallest absolute Gasteiger partial charge is 0.270 e. The number of benzene rings is 3. The van der Waals surface area contributed by atoms with Crippen molar-refractivity contribution in [3.63, 3.8) is 0 Å². The number of hydrogen-bond donors (Lipinski definition) is 2. The maximum atomic E-state index is 13.0. The van der Waals surface area contributed by atoms with Crippen LogP contribution in [0.4, 0.5) is 15.8 Å². The molecule has 2 amide bonds. The Bertz CT molecular complexity index is 1130. The monoisotopic (exact) mass is 441 g/mol. The number of nitro benzene ring substituents is 1. The molecule has 0 heterocycles. The number of hydrogen-bond acceptors (Lipinski definition) is 4. The molecule has 1 atom stereocenters. The molecule has 0 aliphatic rings. The lowest BCUT2D eigenvalue weighted by Crippen LogP contribution is -2.26. The molecular formula is C22H17ClFN3O4. The van der Waals surface area contributed by atoms with E-state index in [1.807, 2.05) is 0 Å². The van der Waals surface area contributed by atoms with Gasteiger partial charge < -0.3 is 10.6 Å². The van der Waals surface area contributed by atoms with Gasteiger partial charge in [0.15, 0.2) is 0 Å². The van der Waals surface area contributed by atoms with E-state index in [1.54, 1.807) is 31.2 Å². The van der Waals surface area contributed by atoms with Crippen LogP contribution in [0.1, 0.15) is 39.2 Å². The van der Waals surface area contributed by atoms with Crippen molar-refractivity contribution in [1.29, 1.82) is 0 Å². The van der Waals surface area contributed by atoms with Gasteiger partial charge in [0.2, 0.25) is 0 Å². The molecule has 31 heavy (non-hydrogen) atoms. The Kier molecular flexibility index (Phi) is 6.61.